The molecule has 7 nitrogen and oxygen atoms in total. The molecule has 32 heavy (non-hydrogen) atoms. The van der Waals surface area contributed by atoms with Crippen molar-refractivity contribution in [3.05, 3.63) is 52.5 Å². The van der Waals surface area contributed by atoms with E-state index in [4.69, 9.17) is 11.6 Å². The highest BCUT2D eigenvalue weighted by molar-refractivity contribution is 7.89. The van der Waals surface area contributed by atoms with Gasteiger partial charge in [-0.1, -0.05) is 23.7 Å². The molecular formula is C23H31ClN4O3S. The number of amides is 1. The number of benzene rings is 2. The van der Waals surface area contributed by atoms with Crippen molar-refractivity contribution in [2.75, 3.05) is 50.5 Å². The average Bonchev–Trinajstić information content (AvgIpc) is 2.76. The lowest BCUT2D eigenvalue weighted by Gasteiger charge is -2.39. The fraction of sp³-hybridized carbons (Fsp3) is 0.435. The fourth-order valence-corrected chi connectivity index (χ4v) is 4.88. The van der Waals surface area contributed by atoms with E-state index in [2.05, 4.69) is 22.0 Å². The summed E-state index contributed by atoms with van der Waals surface area (Å²) < 4.78 is 26.1. The minimum Gasteiger partial charge on any atom is -0.369 e. The van der Waals surface area contributed by atoms with Crippen LogP contribution < -0.4 is 10.2 Å². The summed E-state index contributed by atoms with van der Waals surface area (Å²) >= 11 is 6.17. The Labute approximate surface area is 196 Å². The Morgan fingerprint density at radius 3 is 2.28 bits per heavy atom. The average molecular weight is 479 g/mol. The molecule has 1 amide bonds. The summed E-state index contributed by atoms with van der Waals surface area (Å²) in [6.45, 7) is 8.89. The molecule has 2 aromatic carbocycles. The van der Waals surface area contributed by atoms with Gasteiger partial charge in [0, 0.05) is 56.7 Å². The smallest absolute Gasteiger partial charge is 0.242 e. The van der Waals surface area contributed by atoms with E-state index in [1.807, 2.05) is 32.0 Å². The van der Waals surface area contributed by atoms with E-state index in [9.17, 15) is 13.2 Å². The van der Waals surface area contributed by atoms with Gasteiger partial charge in [-0.15, -0.1) is 0 Å². The molecule has 1 fully saturated rings. The largest absolute Gasteiger partial charge is 0.369 e. The van der Waals surface area contributed by atoms with Crippen LogP contribution in [0.5, 0.6) is 0 Å². The second-order valence-corrected chi connectivity index (χ2v) is 11.0. The Balaban J connectivity index is 1.66. The highest BCUT2D eigenvalue weighted by atomic mass is 35.5. The number of carbonyl (C=O) groups excluding carboxylic acids is 1. The molecule has 0 saturated carbocycles. The van der Waals surface area contributed by atoms with E-state index in [-0.39, 0.29) is 16.8 Å². The minimum absolute atomic E-state index is 0.153. The van der Waals surface area contributed by atoms with Crippen molar-refractivity contribution in [1.82, 2.24) is 9.21 Å². The molecule has 0 unspecified atom stereocenters. The molecule has 174 valence electrons. The molecule has 1 atom stereocenters. The maximum absolute atomic E-state index is 13.0. The molecule has 0 bridgehead atoms. The number of piperazine rings is 1. The van der Waals surface area contributed by atoms with Crippen LogP contribution in [0.25, 0.3) is 0 Å². The lowest BCUT2D eigenvalue weighted by atomic mass is 10.1. The van der Waals surface area contributed by atoms with Gasteiger partial charge in [-0.3, -0.25) is 9.69 Å². The van der Waals surface area contributed by atoms with Crippen molar-refractivity contribution < 1.29 is 13.2 Å². The van der Waals surface area contributed by atoms with Crippen molar-refractivity contribution >= 4 is 38.9 Å². The molecular weight excluding hydrogens is 448 g/mol. The van der Waals surface area contributed by atoms with E-state index in [1.54, 1.807) is 12.1 Å². The summed E-state index contributed by atoms with van der Waals surface area (Å²) in [5.74, 6) is -0.153. The number of rotatable bonds is 6. The summed E-state index contributed by atoms with van der Waals surface area (Å²) in [6.07, 6.45) is 0. The molecule has 1 N–H and O–H groups in total. The van der Waals surface area contributed by atoms with Crippen molar-refractivity contribution in [3.8, 4) is 0 Å². The normalized spacial score (nSPS) is 16.3. The number of nitrogens with one attached hydrogen (secondary N) is 1. The van der Waals surface area contributed by atoms with E-state index < -0.39 is 10.0 Å². The van der Waals surface area contributed by atoms with Gasteiger partial charge >= 0.3 is 0 Å². The van der Waals surface area contributed by atoms with Crippen LogP contribution in [0, 0.1) is 13.8 Å². The predicted molar refractivity (Wildman–Crippen MR) is 130 cm³/mol. The summed E-state index contributed by atoms with van der Waals surface area (Å²) in [6, 6.07) is 10.3. The zero-order valence-corrected chi connectivity index (χ0v) is 20.8. The lowest BCUT2D eigenvalue weighted by Crippen LogP contribution is -2.53. The first-order valence-electron chi connectivity index (χ1n) is 10.6. The molecule has 0 radical (unpaired) electrons. The quantitative estimate of drug-likeness (QED) is 0.689. The maximum Gasteiger partial charge on any atom is 0.242 e. The van der Waals surface area contributed by atoms with Gasteiger partial charge in [0.05, 0.1) is 10.9 Å². The first-order chi connectivity index (χ1) is 15.0. The van der Waals surface area contributed by atoms with E-state index in [0.717, 1.165) is 46.8 Å². The molecule has 1 aliphatic rings. The monoisotopic (exact) mass is 478 g/mol. The van der Waals surface area contributed by atoms with Crippen molar-refractivity contribution in [2.45, 2.75) is 31.7 Å². The number of sulfonamides is 1. The Morgan fingerprint density at radius 2 is 1.66 bits per heavy atom. The van der Waals surface area contributed by atoms with Crippen LogP contribution in [-0.4, -0.2) is 69.8 Å². The Bertz CT molecular complexity index is 1100. The van der Waals surface area contributed by atoms with E-state index in [1.165, 1.54) is 25.7 Å². The molecule has 1 aliphatic heterocycles. The number of hydrogen-bond donors (Lipinski definition) is 1. The highest BCUT2D eigenvalue weighted by Crippen LogP contribution is 2.26. The topological polar surface area (TPSA) is 73.0 Å². The zero-order valence-electron chi connectivity index (χ0n) is 19.2. The highest BCUT2D eigenvalue weighted by Gasteiger charge is 2.27. The van der Waals surface area contributed by atoms with Crippen LogP contribution in [0.4, 0.5) is 11.4 Å². The third-order valence-electron chi connectivity index (χ3n) is 6.00. The molecule has 1 heterocycles. The third kappa shape index (κ3) is 5.26. The zero-order chi connectivity index (χ0) is 23.6. The van der Waals surface area contributed by atoms with Gasteiger partial charge in [0.25, 0.3) is 0 Å². The first-order valence-corrected chi connectivity index (χ1v) is 12.4. The molecule has 2 aromatic rings. The predicted octanol–water partition coefficient (Wildman–Crippen LogP) is 3.36. The van der Waals surface area contributed by atoms with Gasteiger partial charge in [-0.05, 0) is 56.2 Å². The van der Waals surface area contributed by atoms with Gasteiger partial charge in [0.1, 0.15) is 0 Å². The minimum atomic E-state index is -3.58. The molecule has 0 aromatic heterocycles. The van der Waals surface area contributed by atoms with Gasteiger partial charge in [0.15, 0.2) is 0 Å². The summed E-state index contributed by atoms with van der Waals surface area (Å²) in [5.41, 5.74) is 3.63. The molecule has 9 heteroatoms. The number of carbonyl (C=O) groups is 1. The standard InChI is InChI=1S/C23H31ClN4O3S/c1-16-7-9-20(32(30,31)26(4)5)15-21(16)25-23(29)18(3)27-10-12-28(13-11-27)22-14-19(24)8-6-17(22)2/h6-9,14-15,18H,10-13H2,1-5H3,(H,25,29)/t18-/m0/s1. The third-order valence-corrected chi connectivity index (χ3v) is 8.04. The van der Waals surface area contributed by atoms with Crippen LogP contribution in [0.2, 0.25) is 5.02 Å². The van der Waals surface area contributed by atoms with Gasteiger partial charge in [0.2, 0.25) is 15.9 Å². The first kappa shape index (κ1) is 24.5. The molecule has 3 rings (SSSR count). The van der Waals surface area contributed by atoms with E-state index >= 15 is 0 Å². The number of halogens is 1. The molecule has 1 saturated heterocycles. The Kier molecular flexibility index (Phi) is 7.50. The molecule has 0 spiro atoms. The lowest BCUT2D eigenvalue weighted by molar-refractivity contribution is -0.120. The summed E-state index contributed by atoms with van der Waals surface area (Å²) in [4.78, 5) is 17.6. The van der Waals surface area contributed by atoms with Crippen molar-refractivity contribution in [3.63, 3.8) is 0 Å². The van der Waals surface area contributed by atoms with Crippen LogP contribution in [0.3, 0.4) is 0 Å². The van der Waals surface area contributed by atoms with E-state index in [0.29, 0.717) is 5.69 Å². The number of anilines is 2. The maximum atomic E-state index is 13.0. The fourth-order valence-electron chi connectivity index (χ4n) is 3.78. The number of hydrogen-bond acceptors (Lipinski definition) is 5. The van der Waals surface area contributed by atoms with Crippen LogP contribution in [0.1, 0.15) is 18.1 Å². The summed E-state index contributed by atoms with van der Waals surface area (Å²) in [5, 5.41) is 3.64. The van der Waals surface area contributed by atoms with Crippen molar-refractivity contribution in [1.29, 1.82) is 0 Å². The van der Waals surface area contributed by atoms with Gasteiger partial charge < -0.3 is 10.2 Å². The van der Waals surface area contributed by atoms with Crippen LogP contribution >= 0.6 is 11.6 Å². The van der Waals surface area contributed by atoms with Crippen LogP contribution in [0.15, 0.2) is 41.3 Å². The Morgan fingerprint density at radius 1 is 1.03 bits per heavy atom. The van der Waals surface area contributed by atoms with Crippen LogP contribution in [-0.2, 0) is 14.8 Å². The summed E-state index contributed by atoms with van der Waals surface area (Å²) in [7, 11) is -0.603. The second-order valence-electron chi connectivity index (χ2n) is 8.38. The molecule has 0 aliphatic carbocycles. The number of aryl methyl sites for hydroxylation is 2. The second kappa shape index (κ2) is 9.79. The SMILES string of the molecule is Cc1ccc(S(=O)(=O)N(C)C)cc1NC(=O)[C@H](C)N1CCN(c2cc(Cl)ccc2C)CC1. The number of nitrogens with zero attached hydrogens (tertiary/aromatic N) is 3. The van der Waals surface area contributed by atoms with Gasteiger partial charge in [-0.25, -0.2) is 12.7 Å². The van der Waals surface area contributed by atoms with Gasteiger partial charge in [-0.2, -0.15) is 0 Å². The Hall–Kier alpha value is -2.13. The van der Waals surface area contributed by atoms with Crippen molar-refractivity contribution in [2.24, 2.45) is 0 Å².